The molecular formula is C20H31N3O3S. The number of aryl methyl sites for hydroxylation is 1. The number of aliphatic carboxylic acids is 1. The van der Waals surface area contributed by atoms with Crippen molar-refractivity contribution in [2.75, 3.05) is 46.3 Å². The van der Waals surface area contributed by atoms with E-state index in [1.54, 1.807) is 11.3 Å². The van der Waals surface area contributed by atoms with Crippen LogP contribution in [0.4, 0.5) is 0 Å². The number of thiophene rings is 1. The number of hydrogen-bond donors (Lipinski definition) is 1. The molecule has 1 N–H and O–H groups in total. The molecule has 2 aliphatic rings. The number of carboxylic acid groups (broad SMARTS) is 1. The molecule has 2 atom stereocenters. The molecule has 2 saturated heterocycles. The SMILES string of the molecule is CN1CCN([C@@H]2CCN(C(=O)CCc3cccs3)C[C@@H]2CCC(=O)O)CC1. The van der Waals surface area contributed by atoms with Gasteiger partial charge in [-0.3, -0.25) is 14.5 Å². The third-order valence-electron chi connectivity index (χ3n) is 5.95. The van der Waals surface area contributed by atoms with Crippen LogP contribution in [-0.2, 0) is 16.0 Å². The molecule has 0 radical (unpaired) electrons. The van der Waals surface area contributed by atoms with E-state index in [1.165, 1.54) is 4.88 Å². The molecule has 0 bridgehead atoms. The summed E-state index contributed by atoms with van der Waals surface area (Å²) in [4.78, 5) is 31.9. The lowest BCUT2D eigenvalue weighted by atomic mass is 9.86. The van der Waals surface area contributed by atoms with Crippen molar-refractivity contribution in [2.45, 2.75) is 38.1 Å². The van der Waals surface area contributed by atoms with Gasteiger partial charge in [0.1, 0.15) is 0 Å². The maximum absolute atomic E-state index is 12.7. The molecule has 0 aromatic carbocycles. The lowest BCUT2D eigenvalue weighted by molar-refractivity contribution is -0.138. The van der Waals surface area contributed by atoms with Crippen LogP contribution in [0.15, 0.2) is 17.5 Å². The second kappa shape index (κ2) is 9.66. The van der Waals surface area contributed by atoms with Crippen LogP contribution in [0.1, 0.15) is 30.6 Å². The Morgan fingerprint density at radius 1 is 1.19 bits per heavy atom. The van der Waals surface area contributed by atoms with Crippen LogP contribution in [0, 0.1) is 5.92 Å². The van der Waals surface area contributed by atoms with Gasteiger partial charge in [0.15, 0.2) is 0 Å². The first-order chi connectivity index (χ1) is 13.0. The molecular weight excluding hydrogens is 362 g/mol. The van der Waals surface area contributed by atoms with Crippen molar-refractivity contribution in [2.24, 2.45) is 5.92 Å². The van der Waals surface area contributed by atoms with Gasteiger partial charge in [0.25, 0.3) is 0 Å². The third kappa shape index (κ3) is 5.77. The van der Waals surface area contributed by atoms with E-state index in [0.29, 0.717) is 25.4 Å². The Morgan fingerprint density at radius 3 is 2.63 bits per heavy atom. The standard InChI is InChI=1S/C20H31N3O3S/c1-21-10-12-22(13-11-21)18-8-9-23(15-16(18)4-7-20(25)26)19(24)6-5-17-3-2-14-27-17/h2-3,14,16,18H,4-13,15H2,1H3,(H,25,26)/t16-,18+/m0/s1. The minimum atomic E-state index is -0.742. The Kier molecular flexibility index (Phi) is 7.26. The zero-order valence-electron chi connectivity index (χ0n) is 16.2. The first-order valence-electron chi connectivity index (χ1n) is 9.97. The summed E-state index contributed by atoms with van der Waals surface area (Å²) in [7, 11) is 2.15. The lowest BCUT2D eigenvalue weighted by Crippen LogP contribution is -2.57. The number of hydrogen-bond acceptors (Lipinski definition) is 5. The summed E-state index contributed by atoms with van der Waals surface area (Å²) in [5, 5.41) is 11.2. The number of nitrogens with zero attached hydrogens (tertiary/aromatic N) is 3. The van der Waals surface area contributed by atoms with E-state index in [-0.39, 0.29) is 18.2 Å². The number of likely N-dealkylation sites (tertiary alicyclic amines) is 1. The average Bonchev–Trinajstić information content (AvgIpc) is 3.18. The van der Waals surface area contributed by atoms with Crippen molar-refractivity contribution in [1.29, 1.82) is 0 Å². The number of amides is 1. The first kappa shape index (κ1) is 20.3. The minimum absolute atomic E-state index is 0.187. The molecule has 3 rings (SSSR count). The fraction of sp³-hybridized carbons (Fsp3) is 0.700. The third-order valence-corrected chi connectivity index (χ3v) is 6.88. The molecule has 150 valence electrons. The molecule has 3 heterocycles. The van der Waals surface area contributed by atoms with Gasteiger partial charge in [-0.05, 0) is 43.7 Å². The van der Waals surface area contributed by atoms with Crippen LogP contribution in [0.3, 0.4) is 0 Å². The quantitative estimate of drug-likeness (QED) is 0.768. The Balaban J connectivity index is 1.57. The monoisotopic (exact) mass is 393 g/mol. The molecule has 1 amide bonds. The predicted octanol–water partition coefficient (Wildman–Crippen LogP) is 2.01. The van der Waals surface area contributed by atoms with Crippen molar-refractivity contribution in [1.82, 2.24) is 14.7 Å². The summed E-state index contributed by atoms with van der Waals surface area (Å²) in [5.41, 5.74) is 0. The van der Waals surface area contributed by atoms with Crippen LogP contribution in [0.25, 0.3) is 0 Å². The highest BCUT2D eigenvalue weighted by atomic mass is 32.1. The summed E-state index contributed by atoms with van der Waals surface area (Å²) in [5.74, 6) is -0.280. The smallest absolute Gasteiger partial charge is 0.303 e. The van der Waals surface area contributed by atoms with Gasteiger partial charge >= 0.3 is 5.97 Å². The summed E-state index contributed by atoms with van der Waals surface area (Å²) in [6, 6.07) is 4.50. The van der Waals surface area contributed by atoms with Gasteiger partial charge in [-0.2, -0.15) is 0 Å². The predicted molar refractivity (Wildman–Crippen MR) is 107 cm³/mol. The van der Waals surface area contributed by atoms with Crippen molar-refractivity contribution in [3.05, 3.63) is 22.4 Å². The van der Waals surface area contributed by atoms with Gasteiger partial charge in [-0.15, -0.1) is 11.3 Å². The van der Waals surface area contributed by atoms with Crippen molar-refractivity contribution in [3.63, 3.8) is 0 Å². The highest BCUT2D eigenvalue weighted by Gasteiger charge is 2.35. The summed E-state index contributed by atoms with van der Waals surface area (Å²) in [6.07, 6.45) is 3.14. The van der Waals surface area contributed by atoms with E-state index in [1.807, 2.05) is 16.3 Å². The Labute approximate surface area is 165 Å². The summed E-state index contributed by atoms with van der Waals surface area (Å²) in [6.45, 7) is 5.70. The van der Waals surface area contributed by atoms with E-state index in [4.69, 9.17) is 5.11 Å². The number of carboxylic acids is 1. The molecule has 0 spiro atoms. The van der Waals surface area contributed by atoms with Crippen molar-refractivity contribution in [3.8, 4) is 0 Å². The fourth-order valence-electron chi connectivity index (χ4n) is 4.32. The summed E-state index contributed by atoms with van der Waals surface area (Å²) >= 11 is 1.70. The highest BCUT2D eigenvalue weighted by molar-refractivity contribution is 7.09. The van der Waals surface area contributed by atoms with Gasteiger partial charge < -0.3 is 14.9 Å². The number of likely N-dealkylation sites (N-methyl/N-ethyl adjacent to an activating group) is 1. The van der Waals surface area contributed by atoms with Crippen LogP contribution < -0.4 is 0 Å². The molecule has 1 aromatic rings. The molecule has 6 nitrogen and oxygen atoms in total. The van der Waals surface area contributed by atoms with E-state index < -0.39 is 5.97 Å². The van der Waals surface area contributed by atoms with Gasteiger partial charge in [0, 0.05) is 63.0 Å². The Hall–Kier alpha value is -1.44. The zero-order chi connectivity index (χ0) is 19.2. The first-order valence-corrected chi connectivity index (χ1v) is 10.9. The van der Waals surface area contributed by atoms with Gasteiger partial charge in [0.2, 0.25) is 5.91 Å². The Morgan fingerprint density at radius 2 is 1.96 bits per heavy atom. The van der Waals surface area contributed by atoms with E-state index >= 15 is 0 Å². The number of carbonyl (C=O) groups excluding carboxylic acids is 1. The molecule has 2 fully saturated rings. The van der Waals surface area contributed by atoms with Crippen LogP contribution in [-0.4, -0.2) is 84.0 Å². The van der Waals surface area contributed by atoms with Crippen molar-refractivity contribution < 1.29 is 14.7 Å². The fourth-order valence-corrected chi connectivity index (χ4v) is 5.03. The van der Waals surface area contributed by atoms with Gasteiger partial charge in [0.05, 0.1) is 0 Å². The van der Waals surface area contributed by atoms with Crippen LogP contribution in [0.2, 0.25) is 0 Å². The second-order valence-corrected chi connectivity index (χ2v) is 8.84. The number of piperidine rings is 1. The lowest BCUT2D eigenvalue weighted by Gasteiger charge is -2.46. The number of piperazine rings is 1. The molecule has 0 aliphatic carbocycles. The normalized spacial score (nSPS) is 24.9. The Bertz CT molecular complexity index is 614. The topological polar surface area (TPSA) is 64.1 Å². The van der Waals surface area contributed by atoms with E-state index in [9.17, 15) is 9.59 Å². The molecule has 2 aliphatic heterocycles. The number of carbonyl (C=O) groups is 2. The maximum atomic E-state index is 12.7. The van der Waals surface area contributed by atoms with E-state index in [2.05, 4.69) is 22.9 Å². The second-order valence-electron chi connectivity index (χ2n) is 7.81. The number of rotatable bonds is 7. The van der Waals surface area contributed by atoms with Crippen molar-refractivity contribution >= 4 is 23.2 Å². The summed E-state index contributed by atoms with van der Waals surface area (Å²) < 4.78 is 0. The van der Waals surface area contributed by atoms with Gasteiger partial charge in [-0.1, -0.05) is 6.07 Å². The highest BCUT2D eigenvalue weighted by Crippen LogP contribution is 2.28. The van der Waals surface area contributed by atoms with Crippen LogP contribution >= 0.6 is 11.3 Å². The zero-order valence-corrected chi connectivity index (χ0v) is 17.0. The minimum Gasteiger partial charge on any atom is -0.481 e. The molecule has 0 saturated carbocycles. The molecule has 7 heteroatoms. The molecule has 0 unspecified atom stereocenters. The average molecular weight is 394 g/mol. The van der Waals surface area contributed by atoms with Crippen LogP contribution in [0.5, 0.6) is 0 Å². The van der Waals surface area contributed by atoms with Gasteiger partial charge in [-0.25, -0.2) is 0 Å². The molecule has 27 heavy (non-hydrogen) atoms. The largest absolute Gasteiger partial charge is 0.481 e. The molecule has 1 aromatic heterocycles. The maximum Gasteiger partial charge on any atom is 0.303 e. The van der Waals surface area contributed by atoms with E-state index in [0.717, 1.165) is 45.6 Å².